The normalized spacial score (nSPS) is 9.76. The van der Waals surface area contributed by atoms with Gasteiger partial charge in [0.2, 0.25) is 0 Å². The van der Waals surface area contributed by atoms with Gasteiger partial charge in [-0.2, -0.15) is 0 Å². The van der Waals surface area contributed by atoms with Crippen molar-refractivity contribution < 1.29 is 19.1 Å². The second kappa shape index (κ2) is 6.91. The van der Waals surface area contributed by atoms with E-state index < -0.39 is 11.4 Å². The van der Waals surface area contributed by atoms with Gasteiger partial charge in [-0.1, -0.05) is 13.3 Å². The number of hydrogen-bond acceptors (Lipinski definition) is 4. The molecule has 0 unspecified atom stereocenters. The van der Waals surface area contributed by atoms with E-state index in [9.17, 15) is 9.59 Å². The molecule has 0 aliphatic heterocycles. The number of benzene rings is 1. The summed E-state index contributed by atoms with van der Waals surface area (Å²) in [6.07, 6.45) is 0.998. The Kier molecular flexibility index (Phi) is 5.49. The maximum absolute atomic E-state index is 11.2. The van der Waals surface area contributed by atoms with Gasteiger partial charge in [0.05, 0.1) is 6.61 Å². The van der Waals surface area contributed by atoms with E-state index in [4.69, 9.17) is 21.1 Å². The first-order valence-corrected chi connectivity index (χ1v) is 5.65. The van der Waals surface area contributed by atoms with Gasteiger partial charge in [0.25, 0.3) is 5.24 Å². The highest BCUT2D eigenvalue weighted by Crippen LogP contribution is 2.14. The number of halogens is 1. The number of rotatable bonds is 5. The van der Waals surface area contributed by atoms with E-state index in [1.807, 2.05) is 6.92 Å². The zero-order chi connectivity index (χ0) is 12.7. The van der Waals surface area contributed by atoms with Crippen molar-refractivity contribution in [2.75, 3.05) is 6.61 Å². The van der Waals surface area contributed by atoms with Crippen molar-refractivity contribution >= 4 is 23.0 Å². The minimum atomic E-state index is -0.747. The Bertz CT molecular complexity index is 386. The lowest BCUT2D eigenvalue weighted by molar-refractivity contribution is 0.0978. The molecule has 0 atom stereocenters. The SMILES string of the molecule is CCCCOC(=O)Oc1ccc(C(=O)Cl)cc1. The zero-order valence-electron chi connectivity index (χ0n) is 9.44. The molecule has 0 heterocycles. The lowest BCUT2D eigenvalue weighted by atomic mass is 10.2. The highest BCUT2D eigenvalue weighted by Gasteiger charge is 2.06. The third kappa shape index (κ3) is 4.87. The quantitative estimate of drug-likeness (QED) is 0.351. The maximum atomic E-state index is 11.2. The van der Waals surface area contributed by atoms with Crippen molar-refractivity contribution in [1.82, 2.24) is 0 Å². The Hall–Kier alpha value is -1.55. The van der Waals surface area contributed by atoms with Crippen LogP contribution in [0.2, 0.25) is 0 Å². The second-order valence-electron chi connectivity index (χ2n) is 3.35. The summed E-state index contributed by atoms with van der Waals surface area (Å²) in [6, 6.07) is 5.92. The summed E-state index contributed by atoms with van der Waals surface area (Å²) in [7, 11) is 0. The summed E-state index contributed by atoms with van der Waals surface area (Å²) < 4.78 is 9.69. The first-order valence-electron chi connectivity index (χ1n) is 5.28. The van der Waals surface area contributed by atoms with Crippen LogP contribution in [0.15, 0.2) is 24.3 Å². The highest BCUT2D eigenvalue weighted by molar-refractivity contribution is 6.67. The van der Waals surface area contributed by atoms with Gasteiger partial charge in [0.15, 0.2) is 0 Å². The van der Waals surface area contributed by atoms with Crippen molar-refractivity contribution in [3.63, 3.8) is 0 Å². The van der Waals surface area contributed by atoms with Crippen LogP contribution < -0.4 is 4.74 Å². The van der Waals surface area contributed by atoms with Crippen LogP contribution in [0.3, 0.4) is 0 Å². The smallest absolute Gasteiger partial charge is 0.434 e. The summed E-state index contributed by atoms with van der Waals surface area (Å²) in [4.78, 5) is 22.0. The number of carbonyl (C=O) groups is 2. The monoisotopic (exact) mass is 256 g/mol. The van der Waals surface area contributed by atoms with Gasteiger partial charge >= 0.3 is 6.16 Å². The number of carbonyl (C=O) groups excluding carboxylic acids is 2. The molecule has 0 radical (unpaired) electrons. The van der Waals surface area contributed by atoms with Gasteiger partial charge in [-0.15, -0.1) is 0 Å². The van der Waals surface area contributed by atoms with E-state index in [1.165, 1.54) is 24.3 Å². The standard InChI is InChI=1S/C12H13ClO4/c1-2-3-8-16-12(15)17-10-6-4-9(5-7-10)11(13)14/h4-7H,2-3,8H2,1H3. The van der Waals surface area contributed by atoms with Gasteiger partial charge in [0.1, 0.15) is 5.75 Å². The van der Waals surface area contributed by atoms with E-state index in [0.29, 0.717) is 17.9 Å². The molecule has 0 amide bonds. The number of hydrogen-bond donors (Lipinski definition) is 0. The fourth-order valence-corrected chi connectivity index (χ4v) is 1.21. The topological polar surface area (TPSA) is 52.6 Å². The third-order valence-corrected chi connectivity index (χ3v) is 2.22. The third-order valence-electron chi connectivity index (χ3n) is 2.00. The van der Waals surface area contributed by atoms with Crippen LogP contribution in [0.25, 0.3) is 0 Å². The molecular formula is C12H13ClO4. The molecule has 0 N–H and O–H groups in total. The van der Waals surface area contributed by atoms with Crippen molar-refractivity contribution in [2.24, 2.45) is 0 Å². The van der Waals surface area contributed by atoms with Crippen molar-refractivity contribution in [3.8, 4) is 5.75 Å². The molecule has 1 aromatic rings. The summed E-state index contributed by atoms with van der Waals surface area (Å²) in [5, 5.41) is -0.554. The molecule has 4 nitrogen and oxygen atoms in total. The Balaban J connectivity index is 2.46. The van der Waals surface area contributed by atoms with E-state index in [1.54, 1.807) is 0 Å². The molecule has 0 fully saturated rings. The van der Waals surface area contributed by atoms with E-state index in [2.05, 4.69) is 0 Å². The van der Waals surface area contributed by atoms with E-state index in [0.717, 1.165) is 12.8 Å². The lowest BCUT2D eigenvalue weighted by Gasteiger charge is -2.05. The Morgan fingerprint density at radius 1 is 1.24 bits per heavy atom. The molecular weight excluding hydrogens is 244 g/mol. The van der Waals surface area contributed by atoms with Gasteiger partial charge < -0.3 is 9.47 Å². The summed E-state index contributed by atoms with van der Waals surface area (Å²) in [6.45, 7) is 2.34. The largest absolute Gasteiger partial charge is 0.513 e. The molecule has 0 saturated carbocycles. The fraction of sp³-hybridized carbons (Fsp3) is 0.333. The molecule has 0 bridgehead atoms. The minimum absolute atomic E-state index is 0.313. The molecule has 1 aromatic carbocycles. The molecule has 0 aromatic heterocycles. The molecule has 0 aliphatic carbocycles. The maximum Gasteiger partial charge on any atom is 0.513 e. The minimum Gasteiger partial charge on any atom is -0.434 e. The Morgan fingerprint density at radius 3 is 2.41 bits per heavy atom. The van der Waals surface area contributed by atoms with Crippen molar-refractivity contribution in [2.45, 2.75) is 19.8 Å². The Morgan fingerprint density at radius 2 is 1.88 bits per heavy atom. The van der Waals surface area contributed by atoms with Crippen LogP contribution in [-0.4, -0.2) is 18.0 Å². The summed E-state index contributed by atoms with van der Waals surface area (Å²) >= 11 is 5.27. The predicted molar refractivity (Wildman–Crippen MR) is 63.5 cm³/mol. The van der Waals surface area contributed by atoms with Crippen LogP contribution in [0.1, 0.15) is 30.1 Å². The van der Waals surface area contributed by atoms with Crippen LogP contribution in [-0.2, 0) is 4.74 Å². The second-order valence-corrected chi connectivity index (χ2v) is 3.70. The van der Waals surface area contributed by atoms with Crippen LogP contribution in [0, 0.1) is 0 Å². The van der Waals surface area contributed by atoms with Crippen molar-refractivity contribution in [1.29, 1.82) is 0 Å². The van der Waals surface area contributed by atoms with Gasteiger partial charge in [-0.3, -0.25) is 4.79 Å². The molecule has 17 heavy (non-hydrogen) atoms. The first-order chi connectivity index (χ1) is 8.13. The van der Waals surface area contributed by atoms with Crippen LogP contribution in [0.5, 0.6) is 5.75 Å². The van der Waals surface area contributed by atoms with Gasteiger partial charge in [-0.05, 0) is 42.3 Å². The molecule has 0 spiro atoms. The average molecular weight is 257 g/mol. The summed E-state index contributed by atoms with van der Waals surface area (Å²) in [5.74, 6) is 0.313. The predicted octanol–water partition coefficient (Wildman–Crippen LogP) is 3.38. The average Bonchev–Trinajstić information content (AvgIpc) is 2.30. The fourth-order valence-electron chi connectivity index (χ4n) is 1.08. The number of ether oxygens (including phenoxy) is 2. The summed E-state index contributed by atoms with van der Waals surface area (Å²) in [5.41, 5.74) is 0.346. The zero-order valence-corrected chi connectivity index (χ0v) is 10.2. The van der Waals surface area contributed by atoms with Crippen LogP contribution in [0.4, 0.5) is 4.79 Å². The number of unbranched alkanes of at least 4 members (excludes halogenated alkanes) is 1. The molecule has 1 rings (SSSR count). The van der Waals surface area contributed by atoms with Gasteiger partial charge in [0, 0.05) is 5.56 Å². The van der Waals surface area contributed by atoms with Crippen LogP contribution >= 0.6 is 11.6 Å². The highest BCUT2D eigenvalue weighted by atomic mass is 35.5. The first kappa shape index (κ1) is 13.5. The van der Waals surface area contributed by atoms with Gasteiger partial charge in [-0.25, -0.2) is 4.79 Å². The van der Waals surface area contributed by atoms with E-state index >= 15 is 0 Å². The Labute approximate surface area is 104 Å². The van der Waals surface area contributed by atoms with Crippen molar-refractivity contribution in [3.05, 3.63) is 29.8 Å². The molecule has 92 valence electrons. The van der Waals surface area contributed by atoms with E-state index in [-0.39, 0.29) is 0 Å². The molecule has 5 heteroatoms. The molecule has 0 aliphatic rings. The molecule has 0 saturated heterocycles. The lowest BCUT2D eigenvalue weighted by Crippen LogP contribution is -2.11.